The number of hydrogen-bond donors (Lipinski definition) is 1. The number of rotatable bonds is 6. The molecule has 6 heteroatoms. The highest BCUT2D eigenvalue weighted by atomic mass is 35.5. The lowest BCUT2D eigenvalue weighted by molar-refractivity contribution is 0.643. The van der Waals surface area contributed by atoms with Gasteiger partial charge in [0.05, 0.1) is 9.90 Å². The molecule has 1 N–H and O–H groups in total. The van der Waals surface area contributed by atoms with Crippen molar-refractivity contribution < 1.29 is 0 Å². The minimum absolute atomic E-state index is 0.790. The van der Waals surface area contributed by atoms with Crippen LogP contribution in [0.5, 0.6) is 0 Å². The molecule has 2 aromatic heterocycles. The highest BCUT2D eigenvalue weighted by molar-refractivity contribution is 7.21. The van der Waals surface area contributed by atoms with Gasteiger partial charge in [-0.15, -0.1) is 21.5 Å². The van der Waals surface area contributed by atoms with Gasteiger partial charge in [-0.2, -0.15) is 0 Å². The van der Waals surface area contributed by atoms with Crippen LogP contribution in [-0.2, 0) is 6.42 Å². The summed E-state index contributed by atoms with van der Waals surface area (Å²) in [5, 5.41) is 17.0. The molecule has 3 nitrogen and oxygen atoms in total. The summed E-state index contributed by atoms with van der Waals surface area (Å²) < 4.78 is 0. The van der Waals surface area contributed by atoms with Crippen molar-refractivity contribution in [3.05, 3.63) is 21.0 Å². The predicted octanol–water partition coefficient (Wildman–Crippen LogP) is 3.91. The van der Waals surface area contributed by atoms with Crippen molar-refractivity contribution in [3.63, 3.8) is 0 Å². The molecule has 102 valence electrons. The first kappa shape index (κ1) is 13.5. The van der Waals surface area contributed by atoms with Gasteiger partial charge in [0.2, 0.25) is 0 Å². The van der Waals surface area contributed by atoms with Crippen molar-refractivity contribution >= 4 is 34.3 Å². The standard InChI is InChI=1S/C13H16ClN3S2/c1-8-7-18-12(11(8)14)13-17-16-10(19-13)3-2-6-15-9-4-5-9/h7,9,15H,2-6H2,1H3. The molecule has 1 aliphatic carbocycles. The van der Waals surface area contributed by atoms with Crippen LogP contribution in [0.25, 0.3) is 9.88 Å². The monoisotopic (exact) mass is 313 g/mol. The SMILES string of the molecule is Cc1csc(-c2nnc(CCCNC3CC3)s2)c1Cl. The molecule has 3 rings (SSSR count). The van der Waals surface area contributed by atoms with Gasteiger partial charge in [0.1, 0.15) is 5.01 Å². The summed E-state index contributed by atoms with van der Waals surface area (Å²) >= 11 is 9.57. The zero-order valence-electron chi connectivity index (χ0n) is 10.8. The summed E-state index contributed by atoms with van der Waals surface area (Å²) in [6, 6.07) is 0.790. The summed E-state index contributed by atoms with van der Waals surface area (Å²) in [5.41, 5.74) is 1.12. The van der Waals surface area contributed by atoms with Crippen molar-refractivity contribution in [1.82, 2.24) is 15.5 Å². The summed E-state index contributed by atoms with van der Waals surface area (Å²) in [4.78, 5) is 1.05. The zero-order chi connectivity index (χ0) is 13.2. The Kier molecular flexibility index (Phi) is 4.17. The van der Waals surface area contributed by atoms with Crippen LogP contribution in [0.3, 0.4) is 0 Å². The molecule has 0 aromatic carbocycles. The summed E-state index contributed by atoms with van der Waals surface area (Å²) in [6.45, 7) is 3.10. The maximum Gasteiger partial charge on any atom is 0.159 e. The summed E-state index contributed by atoms with van der Waals surface area (Å²) in [7, 11) is 0. The van der Waals surface area contributed by atoms with E-state index in [1.165, 1.54) is 12.8 Å². The van der Waals surface area contributed by atoms with Crippen LogP contribution in [-0.4, -0.2) is 22.8 Å². The van der Waals surface area contributed by atoms with Crippen molar-refractivity contribution in [1.29, 1.82) is 0 Å². The Balaban J connectivity index is 1.57. The number of nitrogens with one attached hydrogen (secondary N) is 1. The van der Waals surface area contributed by atoms with E-state index in [0.717, 1.165) is 50.9 Å². The lowest BCUT2D eigenvalue weighted by atomic mass is 10.3. The molecule has 0 bridgehead atoms. The average Bonchev–Trinajstić information content (AvgIpc) is 3.02. The van der Waals surface area contributed by atoms with Gasteiger partial charge in [-0.1, -0.05) is 22.9 Å². The number of halogens is 1. The van der Waals surface area contributed by atoms with Crippen molar-refractivity contribution in [3.8, 4) is 9.88 Å². The third-order valence-corrected chi connectivity index (χ3v) is 5.97. The van der Waals surface area contributed by atoms with E-state index < -0.39 is 0 Å². The first-order chi connectivity index (χ1) is 9.24. The molecule has 0 atom stereocenters. The molecule has 0 spiro atoms. The van der Waals surface area contributed by atoms with E-state index in [0.29, 0.717) is 0 Å². The van der Waals surface area contributed by atoms with Gasteiger partial charge < -0.3 is 5.32 Å². The van der Waals surface area contributed by atoms with Gasteiger partial charge in [0, 0.05) is 12.5 Å². The maximum absolute atomic E-state index is 6.26. The number of aryl methyl sites for hydroxylation is 2. The molecule has 0 radical (unpaired) electrons. The Bertz CT molecular complexity index is 560. The number of hydrogen-bond acceptors (Lipinski definition) is 5. The van der Waals surface area contributed by atoms with Crippen molar-refractivity contribution in [2.24, 2.45) is 0 Å². The molecule has 2 aromatic rings. The van der Waals surface area contributed by atoms with Crippen LogP contribution in [0.1, 0.15) is 29.8 Å². The lowest BCUT2D eigenvalue weighted by Crippen LogP contribution is -2.17. The van der Waals surface area contributed by atoms with Gasteiger partial charge in [0.15, 0.2) is 5.01 Å². The fourth-order valence-electron chi connectivity index (χ4n) is 1.85. The quantitative estimate of drug-likeness (QED) is 0.822. The molecular weight excluding hydrogens is 298 g/mol. The smallest absolute Gasteiger partial charge is 0.159 e. The van der Waals surface area contributed by atoms with E-state index in [9.17, 15) is 0 Å². The molecule has 1 aliphatic rings. The second kappa shape index (κ2) is 5.87. The molecule has 19 heavy (non-hydrogen) atoms. The highest BCUT2D eigenvalue weighted by Crippen LogP contribution is 2.37. The minimum atomic E-state index is 0.790. The zero-order valence-corrected chi connectivity index (χ0v) is 13.2. The van der Waals surface area contributed by atoms with Crippen LogP contribution >= 0.6 is 34.3 Å². The second-order valence-electron chi connectivity index (χ2n) is 4.89. The van der Waals surface area contributed by atoms with Crippen LogP contribution in [0.2, 0.25) is 5.02 Å². The van der Waals surface area contributed by atoms with Crippen LogP contribution in [0, 0.1) is 6.92 Å². The lowest BCUT2D eigenvalue weighted by Gasteiger charge is -1.99. The molecule has 0 unspecified atom stereocenters. The Hall–Kier alpha value is -0.490. The van der Waals surface area contributed by atoms with Crippen LogP contribution < -0.4 is 5.32 Å². The third-order valence-electron chi connectivity index (χ3n) is 3.14. The van der Waals surface area contributed by atoms with Gasteiger partial charge in [-0.25, -0.2) is 0 Å². The van der Waals surface area contributed by atoms with E-state index in [2.05, 4.69) is 20.9 Å². The van der Waals surface area contributed by atoms with E-state index in [4.69, 9.17) is 11.6 Å². The Morgan fingerprint density at radius 3 is 2.95 bits per heavy atom. The first-order valence-corrected chi connectivity index (χ1v) is 8.61. The summed E-state index contributed by atoms with van der Waals surface area (Å²) in [5.74, 6) is 0. The molecule has 2 heterocycles. The normalized spacial score (nSPS) is 15.1. The van der Waals surface area contributed by atoms with Gasteiger partial charge in [-0.05, 0) is 43.7 Å². The van der Waals surface area contributed by atoms with Gasteiger partial charge >= 0.3 is 0 Å². The topological polar surface area (TPSA) is 37.8 Å². The third kappa shape index (κ3) is 3.34. The number of aromatic nitrogens is 2. The van der Waals surface area contributed by atoms with Crippen LogP contribution in [0.4, 0.5) is 0 Å². The van der Waals surface area contributed by atoms with Crippen LogP contribution in [0.15, 0.2) is 5.38 Å². The molecule has 0 amide bonds. The summed E-state index contributed by atoms with van der Waals surface area (Å²) in [6.07, 6.45) is 4.82. The molecule has 0 aliphatic heterocycles. The average molecular weight is 314 g/mol. The first-order valence-electron chi connectivity index (χ1n) is 6.54. The fourth-order valence-corrected chi connectivity index (χ4v) is 4.17. The number of thiophene rings is 1. The Morgan fingerprint density at radius 1 is 1.42 bits per heavy atom. The number of nitrogens with zero attached hydrogens (tertiary/aromatic N) is 2. The van der Waals surface area contributed by atoms with E-state index in [1.54, 1.807) is 22.7 Å². The molecule has 1 saturated carbocycles. The largest absolute Gasteiger partial charge is 0.314 e. The highest BCUT2D eigenvalue weighted by Gasteiger charge is 2.19. The predicted molar refractivity (Wildman–Crippen MR) is 82.3 cm³/mol. The minimum Gasteiger partial charge on any atom is -0.314 e. The maximum atomic E-state index is 6.26. The van der Waals surface area contributed by atoms with Gasteiger partial charge in [-0.3, -0.25) is 0 Å². The van der Waals surface area contributed by atoms with Gasteiger partial charge in [0.25, 0.3) is 0 Å². The Labute approximate surface area is 126 Å². The Morgan fingerprint density at radius 2 is 2.26 bits per heavy atom. The molecule has 0 saturated heterocycles. The second-order valence-corrected chi connectivity index (χ2v) is 7.21. The molecule has 1 fully saturated rings. The van der Waals surface area contributed by atoms with E-state index in [-0.39, 0.29) is 0 Å². The van der Waals surface area contributed by atoms with Crippen molar-refractivity contribution in [2.45, 2.75) is 38.6 Å². The van der Waals surface area contributed by atoms with Crippen molar-refractivity contribution in [2.75, 3.05) is 6.54 Å². The molecular formula is C13H16ClN3S2. The fraction of sp³-hybridized carbons (Fsp3) is 0.538. The van der Waals surface area contributed by atoms with E-state index >= 15 is 0 Å². The van der Waals surface area contributed by atoms with E-state index in [1.807, 2.05) is 6.92 Å².